The fourth-order valence-corrected chi connectivity index (χ4v) is 21.1. The molecule has 0 aromatic rings. The van der Waals surface area contributed by atoms with Crippen LogP contribution in [0.25, 0.3) is 0 Å². The fourth-order valence-electron chi connectivity index (χ4n) is 10.6. The second-order valence-corrected chi connectivity index (χ2v) is 23.6. The van der Waals surface area contributed by atoms with E-state index in [9.17, 15) is 0 Å². The maximum absolute atomic E-state index is 4.70. The van der Waals surface area contributed by atoms with Gasteiger partial charge < -0.3 is 0 Å². The van der Waals surface area contributed by atoms with Crippen molar-refractivity contribution in [2.24, 2.45) is 0 Å². The van der Waals surface area contributed by atoms with Crippen molar-refractivity contribution in [3.05, 3.63) is 0 Å². The van der Waals surface area contributed by atoms with Gasteiger partial charge in [0.2, 0.25) is 0 Å². The average molecular weight is 692 g/mol. The molecule has 0 N–H and O–H groups in total. The van der Waals surface area contributed by atoms with E-state index in [2.05, 4.69) is 0 Å². The fraction of sp³-hybridized carbons (Fsp3) is 1.00. The van der Waals surface area contributed by atoms with Gasteiger partial charge in [0.25, 0.3) is 0 Å². The molecule has 0 spiro atoms. The quantitative estimate of drug-likeness (QED) is 0.192. The van der Waals surface area contributed by atoms with Crippen LogP contribution in [0.4, 0.5) is 0 Å². The Hall–Kier alpha value is 1.93. The third-order valence-corrected chi connectivity index (χ3v) is 21.6. The van der Waals surface area contributed by atoms with Crippen molar-refractivity contribution in [2.45, 2.75) is 227 Å². The third kappa shape index (κ3) is 12.2. The zero-order chi connectivity index (χ0) is 28.5. The summed E-state index contributed by atoms with van der Waals surface area (Å²) in [6.07, 6.45) is 47.6. The van der Waals surface area contributed by atoms with Crippen molar-refractivity contribution in [3.63, 3.8) is 0 Å². The zero-order valence-corrected chi connectivity index (χ0v) is 31.2. The Morgan fingerprint density at radius 3 is 0.512 bits per heavy atom. The molecular weight excluding hydrogens is 624 g/mol. The summed E-state index contributed by atoms with van der Waals surface area (Å²) in [5, 5.41) is 0. The Morgan fingerprint density at radius 2 is 0.390 bits per heavy atom. The minimum atomic E-state index is -0.0465. The van der Waals surface area contributed by atoms with Gasteiger partial charge in [0.05, 0.1) is 34.0 Å². The number of hydrogen-bond donors (Lipinski definition) is 0. The van der Waals surface area contributed by atoms with Crippen LogP contribution in [0.2, 0.25) is 0 Å². The minimum absolute atomic E-state index is 0.0465. The first-order valence-corrected chi connectivity index (χ1v) is 25.1. The molecule has 0 amide bonds. The van der Waals surface area contributed by atoms with E-state index >= 15 is 0 Å². The van der Waals surface area contributed by atoms with Gasteiger partial charge in [-0.1, -0.05) is 38.5 Å². The first-order chi connectivity index (χ1) is 20.3. The van der Waals surface area contributed by atoms with E-state index in [-0.39, 0.29) is 15.8 Å². The predicted molar refractivity (Wildman–Crippen MR) is 190 cm³/mol. The molecule has 41 heavy (non-hydrogen) atoms. The molecule has 0 heterocycles. The van der Waals surface area contributed by atoms with Crippen molar-refractivity contribution in [1.29, 1.82) is 0 Å². The predicted octanol–water partition coefficient (Wildman–Crippen LogP) is 13.8. The van der Waals surface area contributed by atoms with Crippen molar-refractivity contribution in [2.75, 3.05) is 0 Å². The number of halogens is 2. The Morgan fingerprint density at radius 1 is 0.268 bits per heavy atom. The van der Waals surface area contributed by atoms with Gasteiger partial charge in [-0.15, -0.1) is 0 Å². The van der Waals surface area contributed by atoms with Crippen molar-refractivity contribution < 1.29 is 12.7 Å². The molecule has 0 bridgehead atoms. The SMILES string of the molecule is C1CCC([PH+](C2CCCCC2)C2CCCCC2)CC1.C1CCC([PH+](C2CCCCC2)C2CCCCC2)CC1.[Cl][Ni][Cl]. The molecule has 0 aliphatic heterocycles. The average Bonchev–Trinajstić information content (AvgIpc) is 3.05. The van der Waals surface area contributed by atoms with Gasteiger partial charge in [-0.25, -0.2) is 0 Å². The molecule has 0 atom stereocenters. The number of rotatable bonds is 6. The molecule has 6 aliphatic rings. The second kappa shape index (κ2) is 21.7. The van der Waals surface area contributed by atoms with Crippen LogP contribution in [0.5, 0.6) is 0 Å². The standard InChI is InChI=1S/2C18H33P.2ClH.Ni/c2*1-4-10-16(11-5-1)19(17-12-6-2-7-13-17)18-14-8-3-9-15-18;;;/h2*16-18H,1-15H2;2*1H;/q;;;;+2. The molecule has 6 aliphatic carbocycles. The van der Waals surface area contributed by atoms with Gasteiger partial charge >= 0.3 is 33.0 Å². The van der Waals surface area contributed by atoms with Gasteiger partial charge in [0.15, 0.2) is 0 Å². The molecular formula is C36H68Cl2NiP2+2. The molecule has 6 saturated carbocycles. The summed E-state index contributed by atoms with van der Waals surface area (Å²) >= 11 is 0.569. The normalized spacial score (nSPS) is 27.3. The Labute approximate surface area is 274 Å². The van der Waals surface area contributed by atoms with E-state index in [1.165, 1.54) is 34.0 Å². The topological polar surface area (TPSA) is 0 Å². The van der Waals surface area contributed by atoms with Crippen molar-refractivity contribution >= 4 is 36.2 Å². The molecule has 0 aromatic heterocycles. The van der Waals surface area contributed by atoms with Crippen LogP contribution in [-0.2, 0) is 12.7 Å². The van der Waals surface area contributed by atoms with Gasteiger partial charge in [-0.3, -0.25) is 0 Å². The summed E-state index contributed by atoms with van der Waals surface area (Å²) in [6, 6.07) is 0. The van der Waals surface area contributed by atoms with Crippen LogP contribution >= 0.6 is 36.2 Å². The zero-order valence-electron chi connectivity index (χ0n) is 26.7. The van der Waals surface area contributed by atoms with Gasteiger partial charge in [0.1, 0.15) is 0 Å². The van der Waals surface area contributed by atoms with Gasteiger partial charge in [0, 0.05) is 15.8 Å². The Kier molecular flexibility index (Phi) is 18.9. The summed E-state index contributed by atoms with van der Waals surface area (Å²) in [6.45, 7) is 0. The summed E-state index contributed by atoms with van der Waals surface area (Å²) < 4.78 is 0. The van der Waals surface area contributed by atoms with E-state index in [1.54, 1.807) is 193 Å². The van der Waals surface area contributed by atoms with Crippen molar-refractivity contribution in [1.82, 2.24) is 0 Å². The summed E-state index contributed by atoms with van der Waals surface area (Å²) in [5.74, 6) is 0. The summed E-state index contributed by atoms with van der Waals surface area (Å²) in [7, 11) is 9.31. The molecule has 6 rings (SSSR count). The summed E-state index contributed by atoms with van der Waals surface area (Å²) in [4.78, 5) is 0. The van der Waals surface area contributed by atoms with Crippen LogP contribution < -0.4 is 0 Å². The van der Waals surface area contributed by atoms with Crippen LogP contribution in [-0.4, -0.2) is 34.0 Å². The summed E-state index contributed by atoms with van der Waals surface area (Å²) in [5.41, 5.74) is 7.36. The van der Waals surface area contributed by atoms with Crippen LogP contribution in [0, 0.1) is 0 Å². The molecule has 0 unspecified atom stereocenters. The van der Waals surface area contributed by atoms with E-state index in [1.807, 2.05) is 0 Å². The van der Waals surface area contributed by atoms with Crippen molar-refractivity contribution in [3.8, 4) is 0 Å². The van der Waals surface area contributed by atoms with E-state index in [0.29, 0.717) is 12.7 Å². The van der Waals surface area contributed by atoms with E-state index in [0.717, 1.165) is 0 Å². The monoisotopic (exact) mass is 690 g/mol. The Balaban J connectivity index is 0.000000173. The molecule has 0 saturated heterocycles. The van der Waals surface area contributed by atoms with Crippen LogP contribution in [0.3, 0.4) is 0 Å². The molecule has 6 fully saturated rings. The van der Waals surface area contributed by atoms with Gasteiger partial charge in [-0.2, -0.15) is 0 Å². The molecule has 0 aromatic carbocycles. The van der Waals surface area contributed by atoms with Crippen LogP contribution in [0.1, 0.15) is 193 Å². The first kappa shape index (κ1) is 35.8. The van der Waals surface area contributed by atoms with Crippen LogP contribution in [0.15, 0.2) is 0 Å². The molecule has 244 valence electrons. The first-order valence-electron chi connectivity index (χ1n) is 18.9. The molecule has 5 heteroatoms. The Bertz CT molecular complexity index is 490. The maximum atomic E-state index is 4.70. The second-order valence-electron chi connectivity index (χ2n) is 15.1. The molecule has 0 radical (unpaired) electrons. The van der Waals surface area contributed by atoms with E-state index < -0.39 is 0 Å². The van der Waals surface area contributed by atoms with Gasteiger partial charge in [-0.05, 0) is 154 Å². The van der Waals surface area contributed by atoms with E-state index in [4.69, 9.17) is 20.4 Å². The molecule has 0 nitrogen and oxygen atoms in total. The third-order valence-electron chi connectivity index (χ3n) is 12.5. The number of hydrogen-bond acceptors (Lipinski definition) is 0.